The Balaban J connectivity index is 1.25. The minimum atomic E-state index is -3.01. The maximum absolute atomic E-state index is 12.7. The Kier molecular flexibility index (Phi) is 6.02. The molecule has 3 aromatic heterocycles. The Bertz CT molecular complexity index is 1630. The first-order chi connectivity index (χ1) is 17.4. The Hall–Kier alpha value is -4.81. The summed E-state index contributed by atoms with van der Waals surface area (Å²) in [5, 5.41) is 4.48. The summed E-state index contributed by atoms with van der Waals surface area (Å²) in [4.78, 5) is 33.4. The zero-order chi connectivity index (χ0) is 25.2. The summed E-state index contributed by atoms with van der Waals surface area (Å²) < 4.78 is 51.3. The summed E-state index contributed by atoms with van der Waals surface area (Å²) in [6.45, 7) is -3.78. The SMILES string of the molecule is COc1cc(-c2noc(COC(=O)Cn3cnc4c(oc5ccccc54)c3=O)n2)ccc1OC(F)F. The number of furan rings is 1. The standard InChI is InChI=1S/C23H16F2N4O7/c1-32-16-8-12(6-7-15(16)35-23(24)25)21-27-17(36-28-21)10-33-18(30)9-29-11-26-19-13-4-2-3-5-14(13)34-20(19)22(29)31/h2-8,11,23H,9-10H2,1H3. The minimum Gasteiger partial charge on any atom is -0.493 e. The van der Waals surface area contributed by atoms with Crippen LogP contribution >= 0.6 is 0 Å². The van der Waals surface area contributed by atoms with Gasteiger partial charge >= 0.3 is 12.6 Å². The van der Waals surface area contributed by atoms with Crippen molar-refractivity contribution in [1.82, 2.24) is 19.7 Å². The number of methoxy groups -OCH3 is 1. The lowest BCUT2D eigenvalue weighted by molar-refractivity contribution is -0.146. The number of fused-ring (bicyclic) bond motifs is 3. The molecule has 0 unspecified atom stereocenters. The number of esters is 1. The van der Waals surface area contributed by atoms with Gasteiger partial charge in [-0.2, -0.15) is 13.8 Å². The van der Waals surface area contributed by atoms with Gasteiger partial charge in [-0.1, -0.05) is 17.3 Å². The van der Waals surface area contributed by atoms with Gasteiger partial charge in [0.25, 0.3) is 11.4 Å². The molecule has 0 N–H and O–H groups in total. The highest BCUT2D eigenvalue weighted by Crippen LogP contribution is 2.32. The van der Waals surface area contributed by atoms with Gasteiger partial charge in [0.05, 0.1) is 13.4 Å². The Morgan fingerprint density at radius 2 is 2.00 bits per heavy atom. The van der Waals surface area contributed by atoms with Crippen molar-refractivity contribution >= 4 is 28.0 Å². The lowest BCUT2D eigenvalue weighted by Gasteiger charge is -2.10. The first-order valence-corrected chi connectivity index (χ1v) is 10.4. The molecule has 2 aromatic carbocycles. The Morgan fingerprint density at radius 1 is 1.17 bits per heavy atom. The molecule has 0 fully saturated rings. The number of nitrogens with zero attached hydrogens (tertiary/aromatic N) is 4. The van der Waals surface area contributed by atoms with Crippen LogP contribution in [0.2, 0.25) is 0 Å². The van der Waals surface area contributed by atoms with E-state index in [4.69, 9.17) is 18.4 Å². The average molecular weight is 498 g/mol. The molecule has 0 amide bonds. The molecule has 11 nitrogen and oxygen atoms in total. The number of para-hydroxylation sites is 1. The van der Waals surface area contributed by atoms with Crippen molar-refractivity contribution in [3.8, 4) is 22.9 Å². The molecule has 36 heavy (non-hydrogen) atoms. The van der Waals surface area contributed by atoms with E-state index in [0.717, 1.165) is 4.57 Å². The fraction of sp³-hybridized carbons (Fsp3) is 0.174. The fourth-order valence-corrected chi connectivity index (χ4v) is 3.49. The maximum Gasteiger partial charge on any atom is 0.387 e. The van der Waals surface area contributed by atoms with E-state index in [1.54, 1.807) is 24.3 Å². The molecule has 0 radical (unpaired) electrons. The number of carbonyl (C=O) groups excluding carboxylic acids is 1. The number of carbonyl (C=O) groups is 1. The van der Waals surface area contributed by atoms with Gasteiger partial charge in [-0.25, -0.2) is 4.98 Å². The summed E-state index contributed by atoms with van der Waals surface area (Å²) in [6, 6.07) is 11.2. The monoisotopic (exact) mass is 498 g/mol. The van der Waals surface area contributed by atoms with Gasteiger partial charge in [0.15, 0.2) is 18.1 Å². The van der Waals surface area contributed by atoms with Crippen molar-refractivity contribution in [2.75, 3.05) is 7.11 Å². The van der Waals surface area contributed by atoms with Gasteiger partial charge in [0.1, 0.15) is 17.6 Å². The largest absolute Gasteiger partial charge is 0.493 e. The molecular formula is C23H16F2N4O7. The third-order valence-electron chi connectivity index (χ3n) is 5.11. The topological polar surface area (TPSA) is 132 Å². The molecule has 0 aliphatic heterocycles. The number of alkyl halides is 2. The third kappa shape index (κ3) is 4.45. The van der Waals surface area contributed by atoms with E-state index in [2.05, 4.69) is 19.9 Å². The van der Waals surface area contributed by atoms with Crippen LogP contribution in [0.3, 0.4) is 0 Å². The van der Waals surface area contributed by atoms with Crippen LogP contribution in [0.1, 0.15) is 5.89 Å². The number of ether oxygens (including phenoxy) is 3. The highest BCUT2D eigenvalue weighted by Gasteiger charge is 2.18. The summed E-state index contributed by atoms with van der Waals surface area (Å²) >= 11 is 0. The normalized spacial score (nSPS) is 11.3. The number of benzene rings is 2. The lowest BCUT2D eigenvalue weighted by Crippen LogP contribution is -2.25. The zero-order valence-electron chi connectivity index (χ0n) is 18.5. The zero-order valence-corrected chi connectivity index (χ0v) is 18.5. The van der Waals surface area contributed by atoms with E-state index in [1.165, 1.54) is 31.6 Å². The second kappa shape index (κ2) is 9.44. The quantitative estimate of drug-likeness (QED) is 0.293. The molecule has 0 aliphatic carbocycles. The van der Waals surface area contributed by atoms with Crippen LogP contribution in [0.5, 0.6) is 11.5 Å². The second-order valence-electron chi connectivity index (χ2n) is 7.37. The van der Waals surface area contributed by atoms with Crippen molar-refractivity contribution in [3.63, 3.8) is 0 Å². The molecule has 3 heterocycles. The fourth-order valence-electron chi connectivity index (χ4n) is 3.49. The molecule has 184 valence electrons. The van der Waals surface area contributed by atoms with Gasteiger partial charge < -0.3 is 23.2 Å². The van der Waals surface area contributed by atoms with Gasteiger partial charge in [0.2, 0.25) is 11.4 Å². The number of hydrogen-bond acceptors (Lipinski definition) is 10. The van der Waals surface area contributed by atoms with E-state index in [-0.39, 0.29) is 35.4 Å². The van der Waals surface area contributed by atoms with Crippen LogP contribution in [0, 0.1) is 0 Å². The summed E-state index contributed by atoms with van der Waals surface area (Å²) in [6.07, 6.45) is 1.24. The number of rotatable bonds is 8. The van der Waals surface area contributed by atoms with Gasteiger partial charge in [-0.05, 0) is 30.3 Å². The lowest BCUT2D eigenvalue weighted by atomic mass is 10.2. The first kappa shape index (κ1) is 23.0. The van der Waals surface area contributed by atoms with Crippen molar-refractivity contribution in [1.29, 1.82) is 0 Å². The molecule has 5 rings (SSSR count). The predicted octanol–water partition coefficient (Wildman–Crippen LogP) is 3.55. The highest BCUT2D eigenvalue weighted by atomic mass is 19.3. The molecule has 0 bridgehead atoms. The summed E-state index contributed by atoms with van der Waals surface area (Å²) in [7, 11) is 1.30. The van der Waals surface area contributed by atoms with Crippen molar-refractivity contribution in [3.05, 3.63) is 65.0 Å². The van der Waals surface area contributed by atoms with E-state index in [9.17, 15) is 18.4 Å². The average Bonchev–Trinajstić information content (AvgIpc) is 3.50. The highest BCUT2D eigenvalue weighted by molar-refractivity contribution is 6.01. The predicted molar refractivity (Wildman–Crippen MR) is 118 cm³/mol. The smallest absolute Gasteiger partial charge is 0.387 e. The van der Waals surface area contributed by atoms with Crippen LogP contribution in [-0.4, -0.2) is 39.4 Å². The van der Waals surface area contributed by atoms with E-state index in [0.29, 0.717) is 22.0 Å². The van der Waals surface area contributed by atoms with E-state index in [1.807, 2.05) is 0 Å². The Morgan fingerprint density at radius 3 is 2.81 bits per heavy atom. The third-order valence-corrected chi connectivity index (χ3v) is 5.11. The van der Waals surface area contributed by atoms with Gasteiger partial charge in [-0.15, -0.1) is 0 Å². The van der Waals surface area contributed by atoms with E-state index >= 15 is 0 Å². The first-order valence-electron chi connectivity index (χ1n) is 10.4. The molecule has 13 heteroatoms. The van der Waals surface area contributed by atoms with Gasteiger partial charge in [-0.3, -0.25) is 14.2 Å². The van der Waals surface area contributed by atoms with Crippen LogP contribution in [0.4, 0.5) is 8.78 Å². The minimum absolute atomic E-state index is 0.0246. The van der Waals surface area contributed by atoms with Crippen LogP contribution in [-0.2, 0) is 22.7 Å². The van der Waals surface area contributed by atoms with Crippen LogP contribution in [0.15, 0.2) is 62.5 Å². The summed E-state index contributed by atoms with van der Waals surface area (Å²) in [5.41, 5.74) is 0.823. The molecule has 0 saturated heterocycles. The van der Waals surface area contributed by atoms with Gasteiger partial charge in [0, 0.05) is 10.9 Å². The number of halogens is 2. The second-order valence-corrected chi connectivity index (χ2v) is 7.37. The Labute approximate surface area is 199 Å². The van der Waals surface area contributed by atoms with Crippen molar-refractivity contribution in [2.24, 2.45) is 0 Å². The molecule has 5 aromatic rings. The molecule has 0 spiro atoms. The summed E-state index contributed by atoms with van der Waals surface area (Å²) in [5.74, 6) is -0.767. The number of aromatic nitrogens is 4. The molecular weight excluding hydrogens is 482 g/mol. The van der Waals surface area contributed by atoms with Crippen LogP contribution in [0.25, 0.3) is 33.5 Å². The number of hydrogen-bond donors (Lipinski definition) is 0. The van der Waals surface area contributed by atoms with Crippen LogP contribution < -0.4 is 15.0 Å². The molecule has 0 atom stereocenters. The van der Waals surface area contributed by atoms with Crippen molar-refractivity contribution < 1.29 is 36.7 Å². The molecule has 0 saturated carbocycles. The van der Waals surface area contributed by atoms with Crippen molar-refractivity contribution in [2.45, 2.75) is 19.8 Å². The van der Waals surface area contributed by atoms with E-state index < -0.39 is 24.7 Å². The molecule has 0 aliphatic rings. The maximum atomic E-state index is 12.7.